The quantitative estimate of drug-likeness (QED) is 0.259. The lowest BCUT2D eigenvalue weighted by molar-refractivity contribution is -0.00299. The fraction of sp³-hybridized carbons (Fsp3) is 0.118. The zero-order valence-electron chi connectivity index (χ0n) is 11.2. The van der Waals surface area contributed by atoms with Crippen molar-refractivity contribution < 1.29 is 9.53 Å². The van der Waals surface area contributed by atoms with Crippen LogP contribution >= 0.6 is 0 Å². The van der Waals surface area contributed by atoms with Crippen LogP contribution in [0.4, 0.5) is 0 Å². The van der Waals surface area contributed by atoms with Gasteiger partial charge in [0.2, 0.25) is 0 Å². The van der Waals surface area contributed by atoms with Gasteiger partial charge in [0.15, 0.2) is 0 Å². The average Bonchev–Trinajstić information content (AvgIpc) is 2.51. The van der Waals surface area contributed by atoms with Crippen molar-refractivity contribution in [2.24, 2.45) is 0 Å². The smallest absolute Gasteiger partial charge is 0.330 e. The van der Waals surface area contributed by atoms with Gasteiger partial charge in [-0.25, -0.2) is 0 Å². The molecule has 0 heterocycles. The Kier molecular flexibility index (Phi) is 5.01. The number of rotatable bonds is 6. The number of nitrogens with zero attached hydrogens (tertiary/aromatic N) is 2. The first kappa shape index (κ1) is 13.9. The van der Waals surface area contributed by atoms with Crippen LogP contribution in [0, 0.1) is 0 Å². The first-order valence-electron chi connectivity index (χ1n) is 6.41. The maximum atomic E-state index is 9.36. The van der Waals surface area contributed by atoms with Crippen molar-refractivity contribution in [3.05, 3.63) is 89.5 Å². The van der Waals surface area contributed by atoms with Gasteiger partial charge in [0.25, 0.3) is 0 Å². The third kappa shape index (κ3) is 3.29. The van der Waals surface area contributed by atoms with Crippen molar-refractivity contribution in [3.63, 3.8) is 0 Å². The summed E-state index contributed by atoms with van der Waals surface area (Å²) in [5, 5.41) is 0. The van der Waals surface area contributed by atoms with Gasteiger partial charge in [0.1, 0.15) is 0 Å². The van der Waals surface area contributed by atoms with E-state index >= 15 is 0 Å². The molecule has 100 valence electrons. The molecule has 3 nitrogen and oxygen atoms in total. The summed E-state index contributed by atoms with van der Waals surface area (Å²) in [5.74, 6) is 0. The molecule has 0 radical (unpaired) electrons. The van der Waals surface area contributed by atoms with Crippen LogP contribution in [0.2, 0.25) is 0 Å². The number of benzene rings is 2. The Bertz CT molecular complexity index is 628. The Morgan fingerprint density at radius 1 is 1.10 bits per heavy atom. The van der Waals surface area contributed by atoms with Crippen LogP contribution in [0.25, 0.3) is 5.53 Å². The summed E-state index contributed by atoms with van der Waals surface area (Å²) < 4.78 is 5.49. The maximum absolute atomic E-state index is 9.36. The van der Waals surface area contributed by atoms with Crippen molar-refractivity contribution in [1.82, 2.24) is 0 Å². The van der Waals surface area contributed by atoms with Gasteiger partial charge in [0, 0.05) is 0 Å². The first-order chi connectivity index (χ1) is 9.86. The van der Waals surface area contributed by atoms with E-state index in [-0.39, 0.29) is 0 Å². The van der Waals surface area contributed by atoms with E-state index in [9.17, 15) is 5.53 Å². The second-order valence-corrected chi connectivity index (χ2v) is 4.28. The van der Waals surface area contributed by atoms with Crippen LogP contribution in [0.3, 0.4) is 0 Å². The molecule has 0 saturated heterocycles. The number of hydrogen-bond acceptors (Lipinski definition) is 1. The SMILES string of the molecule is C=CCOCc1ccccc1C(=[N+]=[N-])c1ccccc1. The Hall–Kier alpha value is -2.48. The lowest BCUT2D eigenvalue weighted by Crippen LogP contribution is -2.09. The van der Waals surface area contributed by atoms with E-state index in [0.29, 0.717) is 18.9 Å². The second kappa shape index (κ2) is 7.19. The lowest BCUT2D eigenvalue weighted by Gasteiger charge is -2.06. The third-order valence-corrected chi connectivity index (χ3v) is 2.91. The van der Waals surface area contributed by atoms with Crippen LogP contribution in [-0.4, -0.2) is 17.1 Å². The summed E-state index contributed by atoms with van der Waals surface area (Å²) in [6, 6.07) is 17.3. The van der Waals surface area contributed by atoms with Crippen LogP contribution in [0.5, 0.6) is 0 Å². The highest BCUT2D eigenvalue weighted by molar-refractivity contribution is 6.10. The summed E-state index contributed by atoms with van der Waals surface area (Å²) >= 11 is 0. The molecular formula is C17H16N2O. The largest absolute Gasteiger partial charge is 0.373 e. The van der Waals surface area contributed by atoms with Crippen molar-refractivity contribution in [3.8, 4) is 0 Å². The monoisotopic (exact) mass is 264 g/mol. The lowest BCUT2D eigenvalue weighted by atomic mass is 9.98. The summed E-state index contributed by atoms with van der Waals surface area (Å²) in [7, 11) is 0. The van der Waals surface area contributed by atoms with Gasteiger partial charge >= 0.3 is 5.71 Å². The second-order valence-electron chi connectivity index (χ2n) is 4.28. The molecule has 20 heavy (non-hydrogen) atoms. The zero-order chi connectivity index (χ0) is 14.2. The van der Waals surface area contributed by atoms with Crippen LogP contribution in [-0.2, 0) is 11.3 Å². The van der Waals surface area contributed by atoms with Gasteiger partial charge in [0.05, 0.1) is 24.3 Å². The molecule has 0 bridgehead atoms. The normalized spacial score (nSPS) is 9.80. The molecular weight excluding hydrogens is 248 g/mol. The molecule has 0 unspecified atom stereocenters. The minimum atomic E-state index is 0.452. The van der Waals surface area contributed by atoms with Crippen LogP contribution in [0.1, 0.15) is 16.7 Å². The molecule has 0 saturated carbocycles. The van der Waals surface area contributed by atoms with E-state index in [4.69, 9.17) is 4.74 Å². The summed E-state index contributed by atoms with van der Waals surface area (Å²) in [6.07, 6.45) is 1.71. The van der Waals surface area contributed by atoms with Crippen molar-refractivity contribution in [2.75, 3.05) is 6.61 Å². The van der Waals surface area contributed by atoms with Crippen molar-refractivity contribution >= 4 is 5.71 Å². The standard InChI is InChI=1S/C17H16N2O/c1-2-12-20-13-15-10-6-7-11-16(15)17(19-18)14-8-4-3-5-9-14/h2-11H,1,12-13H2. The van der Waals surface area contributed by atoms with Gasteiger partial charge in [-0.3, -0.25) is 0 Å². The highest BCUT2D eigenvalue weighted by Crippen LogP contribution is 2.15. The van der Waals surface area contributed by atoms with Gasteiger partial charge in [-0.05, 0) is 23.8 Å². The minimum Gasteiger partial charge on any atom is -0.373 e. The predicted molar refractivity (Wildman–Crippen MR) is 79.6 cm³/mol. The number of hydrogen-bond donors (Lipinski definition) is 0. The minimum absolute atomic E-state index is 0.452. The molecule has 0 aliphatic heterocycles. The fourth-order valence-corrected chi connectivity index (χ4v) is 1.99. The predicted octanol–water partition coefficient (Wildman–Crippen LogP) is 3.46. The van der Waals surface area contributed by atoms with E-state index < -0.39 is 0 Å². The highest BCUT2D eigenvalue weighted by Gasteiger charge is 2.18. The molecule has 3 heteroatoms. The maximum Gasteiger partial charge on any atom is 0.330 e. The van der Waals surface area contributed by atoms with E-state index in [1.165, 1.54) is 0 Å². The molecule has 0 fully saturated rings. The van der Waals surface area contributed by atoms with Gasteiger partial charge < -0.3 is 10.3 Å². The van der Waals surface area contributed by atoms with Crippen LogP contribution in [0.15, 0.2) is 67.3 Å². The number of ether oxygens (including phenoxy) is 1. The van der Waals surface area contributed by atoms with Gasteiger partial charge in [-0.2, -0.15) is 4.79 Å². The van der Waals surface area contributed by atoms with E-state index in [1.54, 1.807) is 6.08 Å². The summed E-state index contributed by atoms with van der Waals surface area (Å²) in [5.41, 5.74) is 12.6. The molecule has 0 aromatic heterocycles. The molecule has 2 aromatic carbocycles. The third-order valence-electron chi connectivity index (χ3n) is 2.91. The van der Waals surface area contributed by atoms with E-state index in [2.05, 4.69) is 11.4 Å². The average molecular weight is 264 g/mol. The molecule has 0 atom stereocenters. The molecule has 0 aliphatic carbocycles. The Morgan fingerprint density at radius 3 is 2.50 bits per heavy atom. The Labute approximate surface area is 118 Å². The summed E-state index contributed by atoms with van der Waals surface area (Å²) in [6.45, 7) is 4.57. The molecule has 0 amide bonds. The molecule has 2 aromatic rings. The first-order valence-corrected chi connectivity index (χ1v) is 6.41. The fourth-order valence-electron chi connectivity index (χ4n) is 1.99. The zero-order valence-corrected chi connectivity index (χ0v) is 11.2. The molecule has 0 spiro atoms. The molecule has 0 aliphatic rings. The van der Waals surface area contributed by atoms with Crippen LogP contribution < -0.4 is 0 Å². The van der Waals surface area contributed by atoms with Gasteiger partial charge in [-0.1, -0.05) is 42.5 Å². The van der Waals surface area contributed by atoms with Gasteiger partial charge in [-0.15, -0.1) is 6.58 Å². The topological polar surface area (TPSA) is 45.6 Å². The van der Waals surface area contributed by atoms with E-state index in [0.717, 1.165) is 16.7 Å². The molecule has 0 N–H and O–H groups in total. The van der Waals surface area contributed by atoms with E-state index in [1.807, 2.05) is 54.6 Å². The summed E-state index contributed by atoms with van der Waals surface area (Å²) in [4.78, 5) is 3.46. The molecule has 2 rings (SSSR count). The van der Waals surface area contributed by atoms with Crippen molar-refractivity contribution in [1.29, 1.82) is 0 Å². The Balaban J connectivity index is 2.36. The Morgan fingerprint density at radius 2 is 1.80 bits per heavy atom. The van der Waals surface area contributed by atoms with Crippen molar-refractivity contribution in [2.45, 2.75) is 6.61 Å². The highest BCUT2D eigenvalue weighted by atomic mass is 16.5.